The average Bonchev–Trinajstić information content (AvgIpc) is 2.12. The molecule has 0 aliphatic heterocycles. The SMILES string of the molecule is CC(=O)c1ccc(OC2CCC2)c(Br)c1. The van der Waals surface area contributed by atoms with E-state index in [0.717, 1.165) is 23.1 Å². The van der Waals surface area contributed by atoms with Gasteiger partial charge in [0.15, 0.2) is 5.78 Å². The summed E-state index contributed by atoms with van der Waals surface area (Å²) in [4.78, 5) is 11.1. The number of hydrogen-bond donors (Lipinski definition) is 0. The molecule has 0 bridgehead atoms. The number of ketones is 1. The maximum absolute atomic E-state index is 11.1. The van der Waals surface area contributed by atoms with E-state index in [1.54, 1.807) is 13.0 Å². The minimum Gasteiger partial charge on any atom is -0.489 e. The van der Waals surface area contributed by atoms with E-state index in [-0.39, 0.29) is 5.78 Å². The van der Waals surface area contributed by atoms with E-state index in [9.17, 15) is 4.79 Å². The molecular formula is C12H13BrO2. The highest BCUT2D eigenvalue weighted by Crippen LogP contribution is 2.31. The van der Waals surface area contributed by atoms with E-state index in [0.29, 0.717) is 11.7 Å². The summed E-state index contributed by atoms with van der Waals surface area (Å²) in [5.41, 5.74) is 0.711. The lowest BCUT2D eigenvalue weighted by atomic mass is 9.96. The lowest BCUT2D eigenvalue weighted by Gasteiger charge is -2.26. The van der Waals surface area contributed by atoms with Crippen LogP contribution in [0.2, 0.25) is 0 Å². The maximum atomic E-state index is 11.1. The number of rotatable bonds is 3. The molecule has 0 amide bonds. The van der Waals surface area contributed by atoms with Crippen LogP contribution in [0.4, 0.5) is 0 Å². The number of carbonyl (C=O) groups excluding carboxylic acids is 1. The molecule has 0 N–H and O–H groups in total. The molecule has 0 spiro atoms. The summed E-state index contributed by atoms with van der Waals surface area (Å²) in [6.45, 7) is 1.56. The molecule has 2 rings (SSSR count). The number of ether oxygens (including phenoxy) is 1. The lowest BCUT2D eigenvalue weighted by molar-refractivity contribution is 0.101. The first-order chi connectivity index (χ1) is 7.16. The zero-order chi connectivity index (χ0) is 10.8. The Balaban J connectivity index is 2.14. The van der Waals surface area contributed by atoms with Crippen molar-refractivity contribution in [3.05, 3.63) is 28.2 Å². The van der Waals surface area contributed by atoms with E-state index < -0.39 is 0 Å². The van der Waals surface area contributed by atoms with Gasteiger partial charge in [-0.2, -0.15) is 0 Å². The fourth-order valence-electron chi connectivity index (χ4n) is 1.48. The molecule has 0 atom stereocenters. The minimum atomic E-state index is 0.0749. The molecule has 0 heterocycles. The van der Waals surface area contributed by atoms with Crippen LogP contribution in [-0.2, 0) is 0 Å². The Kier molecular flexibility index (Phi) is 3.10. The van der Waals surface area contributed by atoms with Crippen molar-refractivity contribution in [2.24, 2.45) is 0 Å². The van der Waals surface area contributed by atoms with Crippen LogP contribution < -0.4 is 4.74 Å². The molecule has 0 unspecified atom stereocenters. The summed E-state index contributed by atoms with van der Waals surface area (Å²) in [5, 5.41) is 0. The molecule has 0 radical (unpaired) electrons. The first kappa shape index (κ1) is 10.7. The predicted octanol–water partition coefficient (Wildman–Crippen LogP) is 3.58. The van der Waals surface area contributed by atoms with Crippen LogP contribution in [0.3, 0.4) is 0 Å². The summed E-state index contributed by atoms with van der Waals surface area (Å²) >= 11 is 3.42. The van der Waals surface area contributed by atoms with Crippen molar-refractivity contribution in [1.82, 2.24) is 0 Å². The van der Waals surface area contributed by atoms with E-state index in [4.69, 9.17) is 4.74 Å². The topological polar surface area (TPSA) is 26.3 Å². The van der Waals surface area contributed by atoms with Gasteiger partial charge in [-0.15, -0.1) is 0 Å². The first-order valence-corrected chi connectivity index (χ1v) is 5.93. The van der Waals surface area contributed by atoms with Gasteiger partial charge in [-0.25, -0.2) is 0 Å². The normalized spacial score (nSPS) is 15.9. The Hall–Kier alpha value is -0.830. The van der Waals surface area contributed by atoms with Crippen LogP contribution in [-0.4, -0.2) is 11.9 Å². The van der Waals surface area contributed by atoms with Gasteiger partial charge >= 0.3 is 0 Å². The molecule has 0 aromatic heterocycles. The van der Waals surface area contributed by atoms with Crippen LogP contribution >= 0.6 is 15.9 Å². The average molecular weight is 269 g/mol. The predicted molar refractivity (Wildman–Crippen MR) is 62.4 cm³/mol. The second-order valence-corrected chi connectivity index (χ2v) is 4.73. The van der Waals surface area contributed by atoms with E-state index in [1.807, 2.05) is 12.1 Å². The molecule has 80 valence electrons. The monoisotopic (exact) mass is 268 g/mol. The van der Waals surface area contributed by atoms with Crippen LogP contribution in [0.5, 0.6) is 5.75 Å². The van der Waals surface area contributed by atoms with Gasteiger partial charge in [-0.05, 0) is 60.3 Å². The van der Waals surface area contributed by atoms with Crippen LogP contribution in [0.25, 0.3) is 0 Å². The first-order valence-electron chi connectivity index (χ1n) is 5.14. The Morgan fingerprint density at radius 1 is 1.47 bits per heavy atom. The Labute approximate surface area is 97.8 Å². The second kappa shape index (κ2) is 4.35. The molecule has 1 saturated carbocycles. The van der Waals surface area contributed by atoms with Gasteiger partial charge in [0.1, 0.15) is 5.75 Å². The Morgan fingerprint density at radius 2 is 2.20 bits per heavy atom. The van der Waals surface area contributed by atoms with Gasteiger partial charge in [0, 0.05) is 5.56 Å². The van der Waals surface area contributed by atoms with Crippen molar-refractivity contribution < 1.29 is 9.53 Å². The van der Waals surface area contributed by atoms with Gasteiger partial charge < -0.3 is 4.74 Å². The highest BCUT2D eigenvalue weighted by atomic mass is 79.9. The molecule has 1 aliphatic carbocycles. The van der Waals surface area contributed by atoms with Gasteiger partial charge in [0.05, 0.1) is 10.6 Å². The number of halogens is 1. The summed E-state index contributed by atoms with van der Waals surface area (Å²) in [6, 6.07) is 5.48. The summed E-state index contributed by atoms with van der Waals surface area (Å²) in [5.74, 6) is 0.913. The van der Waals surface area contributed by atoms with E-state index in [1.165, 1.54) is 6.42 Å². The van der Waals surface area contributed by atoms with Crippen molar-refractivity contribution in [3.8, 4) is 5.75 Å². The van der Waals surface area contributed by atoms with Gasteiger partial charge in [0.25, 0.3) is 0 Å². The second-order valence-electron chi connectivity index (χ2n) is 3.87. The molecule has 1 aromatic carbocycles. The van der Waals surface area contributed by atoms with Crippen molar-refractivity contribution in [3.63, 3.8) is 0 Å². The van der Waals surface area contributed by atoms with Gasteiger partial charge in [-0.3, -0.25) is 4.79 Å². The maximum Gasteiger partial charge on any atom is 0.159 e. The van der Waals surface area contributed by atoms with Crippen molar-refractivity contribution in [1.29, 1.82) is 0 Å². The third kappa shape index (κ3) is 2.40. The summed E-state index contributed by atoms with van der Waals surface area (Å²) in [7, 11) is 0. The fraction of sp³-hybridized carbons (Fsp3) is 0.417. The van der Waals surface area contributed by atoms with Crippen molar-refractivity contribution in [2.75, 3.05) is 0 Å². The van der Waals surface area contributed by atoms with E-state index >= 15 is 0 Å². The molecule has 1 aliphatic rings. The van der Waals surface area contributed by atoms with Gasteiger partial charge in [0.2, 0.25) is 0 Å². The zero-order valence-electron chi connectivity index (χ0n) is 8.63. The molecule has 2 nitrogen and oxygen atoms in total. The standard InChI is InChI=1S/C12H13BrO2/c1-8(14)9-5-6-12(11(13)7-9)15-10-3-2-4-10/h5-7,10H,2-4H2,1H3. The highest BCUT2D eigenvalue weighted by Gasteiger charge is 2.20. The third-order valence-electron chi connectivity index (χ3n) is 2.68. The number of carbonyl (C=O) groups is 1. The lowest BCUT2D eigenvalue weighted by Crippen LogP contribution is -2.24. The Bertz CT molecular complexity index is 383. The van der Waals surface area contributed by atoms with Gasteiger partial charge in [-0.1, -0.05) is 0 Å². The minimum absolute atomic E-state index is 0.0749. The van der Waals surface area contributed by atoms with Crippen LogP contribution in [0.1, 0.15) is 36.5 Å². The van der Waals surface area contributed by atoms with E-state index in [2.05, 4.69) is 15.9 Å². The number of benzene rings is 1. The largest absolute Gasteiger partial charge is 0.489 e. The van der Waals surface area contributed by atoms with Crippen molar-refractivity contribution in [2.45, 2.75) is 32.3 Å². The molecule has 15 heavy (non-hydrogen) atoms. The highest BCUT2D eigenvalue weighted by molar-refractivity contribution is 9.10. The number of Topliss-reactive ketones (excluding diaryl/α,β-unsaturated/α-hetero) is 1. The Morgan fingerprint density at radius 3 is 2.67 bits per heavy atom. The van der Waals surface area contributed by atoms with Crippen LogP contribution in [0, 0.1) is 0 Å². The summed E-state index contributed by atoms with van der Waals surface area (Å²) < 4.78 is 6.62. The van der Waals surface area contributed by atoms with Crippen molar-refractivity contribution >= 4 is 21.7 Å². The quantitative estimate of drug-likeness (QED) is 0.784. The molecule has 0 saturated heterocycles. The zero-order valence-corrected chi connectivity index (χ0v) is 10.2. The smallest absolute Gasteiger partial charge is 0.159 e. The molecule has 3 heteroatoms. The van der Waals surface area contributed by atoms with Crippen LogP contribution in [0.15, 0.2) is 22.7 Å². The molecule has 1 fully saturated rings. The fourth-order valence-corrected chi connectivity index (χ4v) is 1.96. The molecular weight excluding hydrogens is 256 g/mol. The number of hydrogen-bond acceptors (Lipinski definition) is 2. The summed E-state index contributed by atoms with van der Waals surface area (Å²) in [6.07, 6.45) is 3.90. The third-order valence-corrected chi connectivity index (χ3v) is 3.30. The molecule has 1 aromatic rings.